The number of aryl methyl sites for hydroxylation is 1. The number of carbonyl (C=O) groups is 3. The van der Waals surface area contributed by atoms with E-state index in [1.165, 1.54) is 12.1 Å². The molecule has 2 unspecified atom stereocenters. The molecule has 1 aliphatic rings. The van der Waals surface area contributed by atoms with Crippen molar-refractivity contribution in [1.29, 1.82) is 0 Å². The van der Waals surface area contributed by atoms with Gasteiger partial charge in [0.25, 0.3) is 0 Å². The van der Waals surface area contributed by atoms with Crippen LogP contribution in [0.5, 0.6) is 5.75 Å². The van der Waals surface area contributed by atoms with Crippen LogP contribution in [0.1, 0.15) is 48.7 Å². The Morgan fingerprint density at radius 1 is 1.10 bits per heavy atom. The zero-order valence-corrected chi connectivity index (χ0v) is 23.1. The SMILES string of the molecule is CCOC(=O)c1cc2c(cc1S(C)(CC)C(=O)O)CCC(N(CC)C(=O)Nc1ccc(OC(F)(F)F)cc1)C2. The number of rotatable bonds is 8. The molecule has 0 aromatic heterocycles. The van der Waals surface area contributed by atoms with Gasteiger partial charge in [0.1, 0.15) is 5.75 Å². The van der Waals surface area contributed by atoms with Gasteiger partial charge in [0.05, 0.1) is 12.2 Å². The Bertz CT molecular complexity index is 1220. The van der Waals surface area contributed by atoms with E-state index in [-0.39, 0.29) is 18.2 Å². The third-order valence-electron chi connectivity index (χ3n) is 6.83. The second-order valence-electron chi connectivity index (χ2n) is 9.16. The number of fused-ring (bicyclic) bond motifs is 1. The van der Waals surface area contributed by atoms with Crippen molar-refractivity contribution in [2.24, 2.45) is 0 Å². The molecule has 8 nitrogen and oxygen atoms in total. The van der Waals surface area contributed by atoms with Gasteiger partial charge in [-0.15, -0.1) is 23.2 Å². The number of halogens is 3. The van der Waals surface area contributed by atoms with E-state index in [2.05, 4.69) is 10.1 Å². The van der Waals surface area contributed by atoms with Crippen molar-refractivity contribution in [3.63, 3.8) is 0 Å². The number of nitrogens with zero attached hydrogens (tertiary/aromatic N) is 1. The smallest absolute Gasteiger partial charge is 0.474 e. The van der Waals surface area contributed by atoms with E-state index in [1.54, 1.807) is 31.1 Å². The van der Waals surface area contributed by atoms with E-state index >= 15 is 0 Å². The molecule has 0 saturated heterocycles. The summed E-state index contributed by atoms with van der Waals surface area (Å²) < 4.78 is 46.3. The Hall–Kier alpha value is -3.41. The molecule has 0 aliphatic heterocycles. The fourth-order valence-corrected chi connectivity index (χ4v) is 6.43. The number of nitrogens with one attached hydrogen (secondary N) is 1. The number of alkyl halides is 3. The lowest BCUT2D eigenvalue weighted by atomic mass is 9.86. The van der Waals surface area contributed by atoms with Crippen molar-refractivity contribution in [3.05, 3.63) is 53.1 Å². The fourth-order valence-electron chi connectivity index (χ4n) is 4.65. The number of esters is 1. The van der Waals surface area contributed by atoms with Gasteiger partial charge in [-0.1, -0.05) is 6.92 Å². The fraction of sp³-hybridized carbons (Fsp3) is 0.444. The lowest BCUT2D eigenvalue weighted by Crippen LogP contribution is -2.45. The minimum absolute atomic E-state index is 0.149. The Kier molecular flexibility index (Phi) is 9.42. The quantitative estimate of drug-likeness (QED) is 0.344. The molecule has 0 heterocycles. The summed E-state index contributed by atoms with van der Waals surface area (Å²) in [5.41, 5.74) is 2.35. The van der Waals surface area contributed by atoms with Crippen molar-refractivity contribution in [2.75, 3.05) is 30.5 Å². The molecule has 0 spiro atoms. The molecular formula is C27H33F3N2O6S. The lowest BCUT2D eigenvalue weighted by molar-refractivity contribution is -0.274. The summed E-state index contributed by atoms with van der Waals surface area (Å²) in [7, 11) is -2.33. The summed E-state index contributed by atoms with van der Waals surface area (Å²) in [6, 6.07) is 7.81. The van der Waals surface area contributed by atoms with Crippen molar-refractivity contribution < 1.29 is 42.1 Å². The molecule has 3 rings (SSSR count). The van der Waals surface area contributed by atoms with Gasteiger partial charge >= 0.3 is 23.7 Å². The van der Waals surface area contributed by atoms with Crippen molar-refractivity contribution in [3.8, 4) is 5.75 Å². The topological polar surface area (TPSA) is 105 Å². The summed E-state index contributed by atoms with van der Waals surface area (Å²) in [6.45, 7) is 5.83. The minimum Gasteiger partial charge on any atom is -0.474 e. The highest BCUT2D eigenvalue weighted by Gasteiger charge is 2.35. The van der Waals surface area contributed by atoms with Gasteiger partial charge in [-0.2, -0.15) is 0 Å². The highest BCUT2D eigenvalue weighted by molar-refractivity contribution is 8.44. The molecule has 12 heteroatoms. The highest BCUT2D eigenvalue weighted by atomic mass is 32.3. The second kappa shape index (κ2) is 12.2. The van der Waals surface area contributed by atoms with E-state index in [1.807, 2.05) is 13.0 Å². The number of anilines is 1. The average molecular weight is 571 g/mol. The third kappa shape index (κ3) is 6.97. The van der Waals surface area contributed by atoms with Gasteiger partial charge in [0.2, 0.25) is 0 Å². The molecule has 2 aromatic carbocycles. The molecule has 214 valence electrons. The van der Waals surface area contributed by atoms with E-state index in [0.717, 1.165) is 23.3 Å². The number of likely N-dealkylation sites (N-methyl/N-ethyl adjacent to an activating group) is 1. The zero-order valence-electron chi connectivity index (χ0n) is 22.3. The third-order valence-corrected chi connectivity index (χ3v) is 10.1. The van der Waals surface area contributed by atoms with E-state index < -0.39 is 39.4 Å². The van der Waals surface area contributed by atoms with Gasteiger partial charge in [0.15, 0.2) is 0 Å². The summed E-state index contributed by atoms with van der Waals surface area (Å²) in [5, 5.41) is 11.8. The van der Waals surface area contributed by atoms with Crippen LogP contribution in [-0.4, -0.2) is 64.9 Å². The normalized spacial score (nSPS) is 17.3. The Morgan fingerprint density at radius 2 is 1.77 bits per heavy atom. The van der Waals surface area contributed by atoms with Crippen LogP contribution in [0.25, 0.3) is 0 Å². The Balaban J connectivity index is 1.84. The molecule has 1 aliphatic carbocycles. The Labute approximate surface area is 226 Å². The van der Waals surface area contributed by atoms with Crippen LogP contribution in [0.3, 0.4) is 0 Å². The van der Waals surface area contributed by atoms with Crippen LogP contribution in [0, 0.1) is 0 Å². The van der Waals surface area contributed by atoms with Crippen molar-refractivity contribution >= 4 is 33.0 Å². The number of carboxylic acid groups (broad SMARTS) is 1. The van der Waals surface area contributed by atoms with Crippen molar-refractivity contribution in [2.45, 2.75) is 57.3 Å². The van der Waals surface area contributed by atoms with Crippen LogP contribution < -0.4 is 10.1 Å². The van der Waals surface area contributed by atoms with Gasteiger partial charge in [0, 0.05) is 23.2 Å². The summed E-state index contributed by atoms with van der Waals surface area (Å²) in [5.74, 6) is -0.602. The molecule has 0 bridgehead atoms. The average Bonchev–Trinajstić information content (AvgIpc) is 2.88. The van der Waals surface area contributed by atoms with Crippen LogP contribution >= 0.6 is 10.0 Å². The van der Waals surface area contributed by atoms with Crippen LogP contribution in [0.2, 0.25) is 0 Å². The van der Waals surface area contributed by atoms with Gasteiger partial charge in [-0.3, -0.25) is 0 Å². The number of ether oxygens (including phenoxy) is 2. The van der Waals surface area contributed by atoms with E-state index in [4.69, 9.17) is 4.74 Å². The highest BCUT2D eigenvalue weighted by Crippen LogP contribution is 2.55. The van der Waals surface area contributed by atoms with Gasteiger partial charge in [-0.05, 0) is 92.6 Å². The number of hydrogen-bond acceptors (Lipinski definition) is 5. The molecule has 39 heavy (non-hydrogen) atoms. The first-order valence-corrected chi connectivity index (χ1v) is 14.8. The maximum Gasteiger partial charge on any atom is 0.573 e. The molecule has 0 fully saturated rings. The monoisotopic (exact) mass is 570 g/mol. The van der Waals surface area contributed by atoms with E-state index in [0.29, 0.717) is 42.1 Å². The van der Waals surface area contributed by atoms with Crippen LogP contribution in [-0.2, 0) is 17.6 Å². The first kappa shape index (κ1) is 30.1. The number of amides is 2. The number of carbonyl (C=O) groups excluding carboxylic acids is 2. The van der Waals surface area contributed by atoms with Crippen LogP contribution in [0.4, 0.5) is 28.4 Å². The summed E-state index contributed by atoms with van der Waals surface area (Å²) in [6.07, 6.45) is -1.47. The molecule has 0 radical (unpaired) electrons. The first-order valence-electron chi connectivity index (χ1n) is 12.6. The maximum atomic E-state index is 13.1. The molecule has 2 atom stereocenters. The van der Waals surface area contributed by atoms with Crippen LogP contribution in [0.15, 0.2) is 41.3 Å². The lowest BCUT2D eigenvalue weighted by Gasteiger charge is -2.37. The number of urea groups is 1. The summed E-state index contributed by atoms with van der Waals surface area (Å²) >= 11 is 0. The van der Waals surface area contributed by atoms with Gasteiger partial charge in [-0.25, -0.2) is 14.4 Å². The number of benzene rings is 2. The predicted octanol–water partition coefficient (Wildman–Crippen LogP) is 6.66. The number of hydrogen-bond donors (Lipinski definition) is 2. The largest absolute Gasteiger partial charge is 0.573 e. The second-order valence-corrected chi connectivity index (χ2v) is 12.7. The van der Waals surface area contributed by atoms with Crippen molar-refractivity contribution in [1.82, 2.24) is 4.90 Å². The molecule has 2 N–H and O–H groups in total. The maximum absolute atomic E-state index is 13.1. The predicted molar refractivity (Wildman–Crippen MR) is 143 cm³/mol. The molecule has 2 aromatic rings. The Morgan fingerprint density at radius 3 is 2.31 bits per heavy atom. The standard InChI is InChI=1S/C27H33F3N2O6S/c1-5-32(25(34)31-19-9-12-21(13-10-19)38-27(28,29)30)20-11-8-17-16-23(39(4,7-3)26(35)36)22(15-18(17)14-20)24(33)37-6-2/h9-10,12-13,15-16,20H,5-8,11,14H2,1-4H3,(H,31,34)(H,35,36). The van der Waals surface area contributed by atoms with E-state index in [9.17, 15) is 32.7 Å². The zero-order chi connectivity index (χ0) is 29.0. The summed E-state index contributed by atoms with van der Waals surface area (Å²) in [4.78, 5) is 40.3. The molecule has 0 saturated carbocycles. The van der Waals surface area contributed by atoms with Gasteiger partial charge < -0.3 is 24.8 Å². The molecule has 2 amide bonds. The molecular weight excluding hydrogens is 537 g/mol. The minimum atomic E-state index is -4.81. The first-order chi connectivity index (χ1) is 18.3.